The van der Waals surface area contributed by atoms with Crippen molar-refractivity contribution in [3.8, 4) is 0 Å². The van der Waals surface area contributed by atoms with Crippen molar-refractivity contribution < 1.29 is 0 Å². The molecule has 0 bridgehead atoms. The summed E-state index contributed by atoms with van der Waals surface area (Å²) in [4.78, 5) is 2.54. The van der Waals surface area contributed by atoms with Crippen molar-refractivity contribution in [2.24, 2.45) is 11.7 Å². The van der Waals surface area contributed by atoms with E-state index in [-0.39, 0.29) is 0 Å². The summed E-state index contributed by atoms with van der Waals surface area (Å²) in [5.74, 6) is 0.739. The molecule has 18 heavy (non-hydrogen) atoms. The zero-order chi connectivity index (χ0) is 13.0. The fraction of sp³-hybridized carbons (Fsp3) is 0.786. The van der Waals surface area contributed by atoms with Crippen LogP contribution in [-0.4, -0.2) is 34.3 Å². The molecule has 1 fully saturated rings. The first-order valence-electron chi connectivity index (χ1n) is 7.24. The van der Waals surface area contributed by atoms with Gasteiger partial charge in [-0.1, -0.05) is 6.92 Å². The van der Waals surface area contributed by atoms with E-state index in [0.29, 0.717) is 0 Å². The molecular formula is C14H26N4. The zero-order valence-electron chi connectivity index (χ0n) is 11.7. The van der Waals surface area contributed by atoms with Crippen LogP contribution >= 0.6 is 0 Å². The Bertz CT molecular complexity index is 364. The van der Waals surface area contributed by atoms with Crippen LogP contribution in [0.3, 0.4) is 0 Å². The van der Waals surface area contributed by atoms with Crippen LogP contribution in [0.2, 0.25) is 0 Å². The van der Waals surface area contributed by atoms with E-state index in [0.717, 1.165) is 32.0 Å². The Balaban J connectivity index is 1.95. The van der Waals surface area contributed by atoms with E-state index < -0.39 is 0 Å². The minimum atomic E-state index is 0.739. The van der Waals surface area contributed by atoms with E-state index in [9.17, 15) is 0 Å². The lowest BCUT2D eigenvalue weighted by Crippen LogP contribution is -2.36. The van der Waals surface area contributed by atoms with Crippen molar-refractivity contribution >= 4 is 0 Å². The maximum absolute atomic E-state index is 5.74. The van der Waals surface area contributed by atoms with Crippen LogP contribution < -0.4 is 5.73 Å². The van der Waals surface area contributed by atoms with Crippen LogP contribution in [0.25, 0.3) is 0 Å². The summed E-state index contributed by atoms with van der Waals surface area (Å²) < 4.78 is 2.15. The Morgan fingerprint density at radius 2 is 2.06 bits per heavy atom. The Labute approximate surface area is 110 Å². The molecule has 1 aliphatic rings. The predicted molar refractivity (Wildman–Crippen MR) is 74.3 cm³/mol. The molecule has 2 heterocycles. The first kappa shape index (κ1) is 13.6. The van der Waals surface area contributed by atoms with E-state index in [1.165, 1.54) is 37.3 Å². The summed E-state index contributed by atoms with van der Waals surface area (Å²) in [6, 6.07) is 2.26. The number of nitrogens with two attached hydrogens (primary N) is 1. The average Bonchev–Trinajstić information content (AvgIpc) is 2.82. The largest absolute Gasteiger partial charge is 0.330 e. The van der Waals surface area contributed by atoms with Crippen LogP contribution in [0.4, 0.5) is 0 Å². The molecule has 1 aromatic heterocycles. The topological polar surface area (TPSA) is 47.1 Å². The number of aryl methyl sites for hydroxylation is 2. The molecule has 0 radical (unpaired) electrons. The molecule has 0 spiro atoms. The van der Waals surface area contributed by atoms with E-state index in [1.54, 1.807) is 0 Å². The molecule has 0 unspecified atom stereocenters. The summed E-state index contributed by atoms with van der Waals surface area (Å²) >= 11 is 0. The molecule has 0 saturated carbocycles. The first-order chi connectivity index (χ1) is 8.76. The molecule has 4 nitrogen and oxygen atoms in total. The number of likely N-dealkylation sites (tertiary alicyclic amines) is 1. The fourth-order valence-electron chi connectivity index (χ4n) is 2.70. The number of hydrogen-bond donors (Lipinski definition) is 1. The average molecular weight is 250 g/mol. The SMILES string of the molecule is CCc1cc(CN2CCC(CN)CC2)n(CC)n1. The third kappa shape index (κ3) is 3.12. The first-order valence-corrected chi connectivity index (χ1v) is 7.24. The maximum Gasteiger partial charge on any atom is 0.0625 e. The second-order valence-electron chi connectivity index (χ2n) is 5.25. The van der Waals surface area contributed by atoms with Gasteiger partial charge in [0.15, 0.2) is 0 Å². The van der Waals surface area contributed by atoms with Gasteiger partial charge >= 0.3 is 0 Å². The van der Waals surface area contributed by atoms with Crippen molar-refractivity contribution in [2.75, 3.05) is 19.6 Å². The minimum absolute atomic E-state index is 0.739. The van der Waals surface area contributed by atoms with Gasteiger partial charge in [0, 0.05) is 13.1 Å². The predicted octanol–water partition coefficient (Wildman–Crippen LogP) is 1.64. The number of rotatable bonds is 5. The van der Waals surface area contributed by atoms with Gasteiger partial charge in [-0.25, -0.2) is 0 Å². The molecule has 2 rings (SSSR count). The molecular weight excluding hydrogens is 224 g/mol. The second kappa shape index (κ2) is 6.34. The fourth-order valence-corrected chi connectivity index (χ4v) is 2.70. The van der Waals surface area contributed by atoms with Gasteiger partial charge in [0.25, 0.3) is 0 Å². The number of piperidine rings is 1. The molecule has 4 heteroatoms. The molecule has 1 aliphatic heterocycles. The third-order valence-corrected chi connectivity index (χ3v) is 4.00. The molecule has 0 aliphatic carbocycles. The summed E-state index contributed by atoms with van der Waals surface area (Å²) in [6.07, 6.45) is 3.52. The van der Waals surface area contributed by atoms with E-state index in [4.69, 9.17) is 5.73 Å². The van der Waals surface area contributed by atoms with Crippen LogP contribution in [-0.2, 0) is 19.5 Å². The van der Waals surface area contributed by atoms with Gasteiger partial charge in [-0.05, 0) is 57.8 Å². The van der Waals surface area contributed by atoms with Gasteiger partial charge in [0.05, 0.1) is 11.4 Å². The molecule has 1 aromatic rings. The lowest BCUT2D eigenvalue weighted by molar-refractivity contribution is 0.176. The summed E-state index contributed by atoms with van der Waals surface area (Å²) in [7, 11) is 0. The third-order valence-electron chi connectivity index (χ3n) is 4.00. The van der Waals surface area contributed by atoms with Crippen LogP contribution in [0.5, 0.6) is 0 Å². The standard InChI is InChI=1S/C14H26N4/c1-3-13-9-14(18(4-2)16-13)11-17-7-5-12(10-15)6-8-17/h9,12H,3-8,10-11,15H2,1-2H3. The van der Waals surface area contributed by atoms with Crippen molar-refractivity contribution in [3.63, 3.8) is 0 Å². The lowest BCUT2D eigenvalue weighted by Gasteiger charge is -2.31. The Morgan fingerprint density at radius 3 is 2.61 bits per heavy atom. The van der Waals surface area contributed by atoms with E-state index >= 15 is 0 Å². The zero-order valence-corrected chi connectivity index (χ0v) is 11.7. The van der Waals surface area contributed by atoms with Crippen molar-refractivity contribution in [3.05, 3.63) is 17.5 Å². The summed E-state index contributed by atoms with van der Waals surface area (Å²) in [5, 5.41) is 4.61. The maximum atomic E-state index is 5.74. The van der Waals surface area contributed by atoms with E-state index in [2.05, 4.69) is 34.6 Å². The molecule has 0 aromatic carbocycles. The molecule has 0 atom stereocenters. The van der Waals surface area contributed by atoms with Gasteiger partial charge in [-0.2, -0.15) is 5.10 Å². The highest BCUT2D eigenvalue weighted by Gasteiger charge is 2.19. The van der Waals surface area contributed by atoms with Crippen molar-refractivity contribution in [2.45, 2.75) is 46.2 Å². The normalized spacial score (nSPS) is 18.4. The highest BCUT2D eigenvalue weighted by molar-refractivity contribution is 5.10. The van der Waals surface area contributed by atoms with Crippen LogP contribution in [0, 0.1) is 5.92 Å². The van der Waals surface area contributed by atoms with Gasteiger partial charge in [0.2, 0.25) is 0 Å². The van der Waals surface area contributed by atoms with Crippen LogP contribution in [0.1, 0.15) is 38.1 Å². The van der Waals surface area contributed by atoms with Gasteiger partial charge < -0.3 is 5.73 Å². The van der Waals surface area contributed by atoms with Gasteiger partial charge in [-0.3, -0.25) is 9.58 Å². The monoisotopic (exact) mass is 250 g/mol. The minimum Gasteiger partial charge on any atom is -0.330 e. The Hall–Kier alpha value is -0.870. The van der Waals surface area contributed by atoms with E-state index in [1.807, 2.05) is 0 Å². The highest BCUT2D eigenvalue weighted by atomic mass is 15.3. The molecule has 2 N–H and O–H groups in total. The van der Waals surface area contributed by atoms with Gasteiger partial charge in [-0.15, -0.1) is 0 Å². The van der Waals surface area contributed by atoms with Gasteiger partial charge in [0.1, 0.15) is 0 Å². The second-order valence-corrected chi connectivity index (χ2v) is 5.25. The summed E-state index contributed by atoms with van der Waals surface area (Å²) in [6.45, 7) is 9.54. The molecule has 0 amide bonds. The Morgan fingerprint density at radius 1 is 1.33 bits per heavy atom. The number of hydrogen-bond acceptors (Lipinski definition) is 3. The molecule has 1 saturated heterocycles. The lowest BCUT2D eigenvalue weighted by atomic mass is 9.97. The number of nitrogens with zero attached hydrogens (tertiary/aromatic N) is 3. The Kier molecular flexibility index (Phi) is 4.78. The van der Waals surface area contributed by atoms with Crippen LogP contribution in [0.15, 0.2) is 6.07 Å². The quantitative estimate of drug-likeness (QED) is 0.864. The smallest absolute Gasteiger partial charge is 0.0625 e. The van der Waals surface area contributed by atoms with Crippen molar-refractivity contribution in [1.29, 1.82) is 0 Å². The van der Waals surface area contributed by atoms with Crippen molar-refractivity contribution in [1.82, 2.24) is 14.7 Å². The number of aromatic nitrogens is 2. The summed E-state index contributed by atoms with van der Waals surface area (Å²) in [5.41, 5.74) is 8.31. The molecule has 102 valence electrons. The highest BCUT2D eigenvalue weighted by Crippen LogP contribution is 2.18.